The highest BCUT2D eigenvalue weighted by Crippen LogP contribution is 2.24. The molecular formula is C19H21N3O4. The Hall–Kier alpha value is -2.74. The summed E-state index contributed by atoms with van der Waals surface area (Å²) in [4.78, 5) is 21.4. The zero-order chi connectivity index (χ0) is 18.5. The molecule has 1 heterocycles. The van der Waals surface area contributed by atoms with Crippen molar-refractivity contribution in [2.24, 2.45) is 0 Å². The van der Waals surface area contributed by atoms with Gasteiger partial charge in [0.15, 0.2) is 0 Å². The van der Waals surface area contributed by atoms with Gasteiger partial charge in [-0.05, 0) is 35.4 Å². The minimum Gasteiger partial charge on any atom is -0.395 e. The Morgan fingerprint density at radius 1 is 1.00 bits per heavy atom. The van der Waals surface area contributed by atoms with Crippen molar-refractivity contribution in [2.45, 2.75) is 6.61 Å². The number of aliphatic hydroxyl groups excluding tert-OH is 3. The fourth-order valence-corrected chi connectivity index (χ4v) is 2.89. The lowest BCUT2D eigenvalue weighted by atomic mass is 10.0. The summed E-state index contributed by atoms with van der Waals surface area (Å²) in [5.41, 5.74) is 3.85. The lowest BCUT2D eigenvalue weighted by Gasteiger charge is -2.21. The predicted molar refractivity (Wildman–Crippen MR) is 97.5 cm³/mol. The number of fused-ring (bicyclic) bond motifs is 1. The topological polar surface area (TPSA) is 110 Å². The molecule has 3 aromatic rings. The molecule has 0 bridgehead atoms. The third-order valence-electron chi connectivity index (χ3n) is 4.15. The number of hydrogen-bond donors (Lipinski definition) is 4. The highest BCUT2D eigenvalue weighted by molar-refractivity contribution is 5.95. The van der Waals surface area contributed by atoms with Crippen LogP contribution in [0.25, 0.3) is 22.2 Å². The van der Waals surface area contributed by atoms with Gasteiger partial charge in [-0.2, -0.15) is 0 Å². The van der Waals surface area contributed by atoms with Gasteiger partial charge < -0.3 is 25.2 Å². The Kier molecular flexibility index (Phi) is 5.62. The molecule has 0 saturated carbocycles. The standard InChI is InChI=1S/C19H21N3O4/c23-8-6-22(7-9-24)19(26)15-3-1-2-13(10-15)14-4-5-16-17(11-14)21-18(12-25)20-16/h1-5,10-11,23-25H,6-9,12H2,(H,20,21). The maximum Gasteiger partial charge on any atom is 0.254 e. The van der Waals surface area contributed by atoms with Gasteiger partial charge in [0, 0.05) is 18.7 Å². The summed E-state index contributed by atoms with van der Waals surface area (Å²) < 4.78 is 0. The van der Waals surface area contributed by atoms with Gasteiger partial charge in [-0.15, -0.1) is 0 Å². The van der Waals surface area contributed by atoms with Crippen LogP contribution in [0.1, 0.15) is 16.2 Å². The van der Waals surface area contributed by atoms with E-state index in [1.54, 1.807) is 18.2 Å². The number of nitrogens with one attached hydrogen (secondary N) is 1. The lowest BCUT2D eigenvalue weighted by Crippen LogP contribution is -2.35. The van der Waals surface area contributed by atoms with Gasteiger partial charge >= 0.3 is 0 Å². The van der Waals surface area contributed by atoms with Crippen LogP contribution in [-0.2, 0) is 6.61 Å². The first-order chi connectivity index (χ1) is 12.7. The van der Waals surface area contributed by atoms with Crippen LogP contribution in [0, 0.1) is 0 Å². The van der Waals surface area contributed by atoms with E-state index in [-0.39, 0.29) is 38.8 Å². The number of aromatic amines is 1. The first-order valence-corrected chi connectivity index (χ1v) is 8.37. The van der Waals surface area contributed by atoms with Gasteiger partial charge in [-0.1, -0.05) is 18.2 Å². The smallest absolute Gasteiger partial charge is 0.254 e. The van der Waals surface area contributed by atoms with Crippen molar-refractivity contribution in [3.8, 4) is 11.1 Å². The molecule has 3 rings (SSSR count). The van der Waals surface area contributed by atoms with Crippen LogP contribution in [0.4, 0.5) is 0 Å². The van der Waals surface area contributed by atoms with E-state index in [9.17, 15) is 9.90 Å². The molecule has 26 heavy (non-hydrogen) atoms. The lowest BCUT2D eigenvalue weighted by molar-refractivity contribution is 0.0685. The van der Waals surface area contributed by atoms with E-state index in [2.05, 4.69) is 9.97 Å². The number of carbonyl (C=O) groups is 1. The zero-order valence-electron chi connectivity index (χ0n) is 14.2. The van der Waals surface area contributed by atoms with Gasteiger partial charge in [0.05, 0.1) is 24.2 Å². The number of aromatic nitrogens is 2. The summed E-state index contributed by atoms with van der Waals surface area (Å²) in [6.07, 6.45) is 0. The number of amides is 1. The van der Waals surface area contributed by atoms with Gasteiger partial charge in [-0.25, -0.2) is 4.98 Å². The number of H-pyrrole nitrogens is 1. The van der Waals surface area contributed by atoms with E-state index in [0.717, 1.165) is 22.2 Å². The molecular weight excluding hydrogens is 334 g/mol. The van der Waals surface area contributed by atoms with Crippen molar-refractivity contribution < 1.29 is 20.1 Å². The number of rotatable bonds is 7. The Labute approximate surface area is 150 Å². The summed E-state index contributed by atoms with van der Waals surface area (Å²) in [5, 5.41) is 27.4. The van der Waals surface area contributed by atoms with E-state index >= 15 is 0 Å². The number of hydrogen-bond acceptors (Lipinski definition) is 5. The quantitative estimate of drug-likeness (QED) is 0.508. The highest BCUT2D eigenvalue weighted by Gasteiger charge is 2.15. The Morgan fingerprint density at radius 2 is 1.73 bits per heavy atom. The van der Waals surface area contributed by atoms with Crippen LogP contribution in [0.15, 0.2) is 42.5 Å². The monoisotopic (exact) mass is 355 g/mol. The first kappa shape index (κ1) is 18.1. The molecule has 2 aromatic carbocycles. The first-order valence-electron chi connectivity index (χ1n) is 8.37. The summed E-state index contributed by atoms with van der Waals surface area (Å²) in [6, 6.07) is 12.9. The Morgan fingerprint density at radius 3 is 2.42 bits per heavy atom. The molecule has 1 aromatic heterocycles. The van der Waals surface area contributed by atoms with E-state index < -0.39 is 0 Å². The van der Waals surface area contributed by atoms with E-state index in [0.29, 0.717) is 11.4 Å². The molecule has 0 spiro atoms. The third kappa shape index (κ3) is 3.75. The van der Waals surface area contributed by atoms with Crippen LogP contribution in [0.5, 0.6) is 0 Å². The third-order valence-corrected chi connectivity index (χ3v) is 4.15. The minimum absolute atomic E-state index is 0.153. The molecule has 0 saturated heterocycles. The second-order valence-electron chi connectivity index (χ2n) is 5.89. The summed E-state index contributed by atoms with van der Waals surface area (Å²) in [7, 11) is 0. The van der Waals surface area contributed by atoms with Crippen LogP contribution in [0.3, 0.4) is 0 Å². The Balaban J connectivity index is 1.92. The maximum absolute atomic E-state index is 12.6. The molecule has 0 unspecified atom stereocenters. The number of imidazole rings is 1. The van der Waals surface area contributed by atoms with E-state index in [1.807, 2.05) is 24.3 Å². The second-order valence-corrected chi connectivity index (χ2v) is 5.89. The van der Waals surface area contributed by atoms with E-state index in [1.165, 1.54) is 4.90 Å². The van der Waals surface area contributed by atoms with Crippen LogP contribution >= 0.6 is 0 Å². The largest absolute Gasteiger partial charge is 0.395 e. The zero-order valence-corrected chi connectivity index (χ0v) is 14.2. The number of carbonyl (C=O) groups excluding carboxylic acids is 1. The van der Waals surface area contributed by atoms with Gasteiger partial charge in [0.2, 0.25) is 0 Å². The summed E-state index contributed by atoms with van der Waals surface area (Å²) in [6.45, 7) is -0.120. The van der Waals surface area contributed by atoms with Crippen LogP contribution < -0.4 is 0 Å². The van der Waals surface area contributed by atoms with Crippen molar-refractivity contribution in [2.75, 3.05) is 26.3 Å². The second kappa shape index (κ2) is 8.09. The minimum atomic E-state index is -0.236. The fourth-order valence-electron chi connectivity index (χ4n) is 2.89. The molecule has 0 atom stereocenters. The molecule has 136 valence electrons. The van der Waals surface area contributed by atoms with Gasteiger partial charge in [0.1, 0.15) is 12.4 Å². The number of nitrogens with zero attached hydrogens (tertiary/aromatic N) is 2. The average molecular weight is 355 g/mol. The Bertz CT molecular complexity index is 901. The normalized spacial score (nSPS) is 11.0. The number of aliphatic hydroxyl groups is 3. The van der Waals surface area contributed by atoms with Crippen LogP contribution in [-0.4, -0.2) is 62.4 Å². The van der Waals surface area contributed by atoms with Gasteiger partial charge in [0.25, 0.3) is 5.91 Å². The predicted octanol–water partition coefficient (Wildman–Crippen LogP) is 1.15. The van der Waals surface area contributed by atoms with Crippen molar-refractivity contribution in [1.29, 1.82) is 0 Å². The maximum atomic E-state index is 12.6. The molecule has 7 nitrogen and oxygen atoms in total. The fraction of sp³-hybridized carbons (Fsp3) is 0.263. The summed E-state index contributed by atoms with van der Waals surface area (Å²) in [5.74, 6) is 0.268. The molecule has 0 aliphatic heterocycles. The van der Waals surface area contributed by atoms with E-state index in [4.69, 9.17) is 10.2 Å². The van der Waals surface area contributed by atoms with Crippen molar-refractivity contribution >= 4 is 16.9 Å². The average Bonchev–Trinajstić information content (AvgIpc) is 3.10. The highest BCUT2D eigenvalue weighted by atomic mass is 16.3. The van der Waals surface area contributed by atoms with Crippen molar-refractivity contribution in [1.82, 2.24) is 14.9 Å². The SMILES string of the molecule is O=C(c1cccc(-c2ccc3nc(CO)[nH]c3c2)c1)N(CCO)CCO. The summed E-state index contributed by atoms with van der Waals surface area (Å²) >= 11 is 0. The molecule has 0 aliphatic rings. The number of benzene rings is 2. The van der Waals surface area contributed by atoms with Crippen molar-refractivity contribution in [3.05, 3.63) is 53.9 Å². The van der Waals surface area contributed by atoms with Gasteiger partial charge in [-0.3, -0.25) is 4.79 Å². The van der Waals surface area contributed by atoms with Crippen LogP contribution in [0.2, 0.25) is 0 Å². The molecule has 0 radical (unpaired) electrons. The van der Waals surface area contributed by atoms with Crippen molar-refractivity contribution in [3.63, 3.8) is 0 Å². The molecule has 1 amide bonds. The molecule has 0 fully saturated rings. The molecule has 0 aliphatic carbocycles. The molecule has 7 heteroatoms. The molecule has 4 N–H and O–H groups in total.